The van der Waals surface area contributed by atoms with E-state index in [1.54, 1.807) is 20.3 Å². The molecule has 0 aromatic heterocycles. The molecule has 6 heteroatoms. The molecule has 27 heavy (non-hydrogen) atoms. The van der Waals surface area contributed by atoms with E-state index in [0.717, 1.165) is 42.9 Å². The summed E-state index contributed by atoms with van der Waals surface area (Å²) in [7, 11) is 3.22. The van der Waals surface area contributed by atoms with Gasteiger partial charge in [-0.3, -0.25) is 4.79 Å². The Labute approximate surface area is 166 Å². The third kappa shape index (κ3) is 4.61. The SMILES string of the molecule is C=CCc1cc(C(=O)N(CC2CCCO2)C2CCSC2)cc(OC)c1OC. The van der Waals surface area contributed by atoms with Crippen molar-refractivity contribution in [3.8, 4) is 11.5 Å². The number of carbonyl (C=O) groups excluding carboxylic acids is 1. The molecule has 148 valence electrons. The molecular formula is C21H29NO4S. The Kier molecular flexibility index (Phi) is 7.07. The van der Waals surface area contributed by atoms with Crippen LogP contribution in [0.15, 0.2) is 24.8 Å². The van der Waals surface area contributed by atoms with Crippen LogP contribution in [-0.4, -0.2) is 61.8 Å². The lowest BCUT2D eigenvalue weighted by Crippen LogP contribution is -2.44. The molecular weight excluding hydrogens is 362 g/mol. The number of ether oxygens (including phenoxy) is 3. The predicted octanol–water partition coefficient (Wildman–Crippen LogP) is 3.56. The summed E-state index contributed by atoms with van der Waals surface area (Å²) < 4.78 is 16.8. The molecule has 1 amide bonds. The van der Waals surface area contributed by atoms with E-state index in [-0.39, 0.29) is 18.1 Å². The van der Waals surface area contributed by atoms with Crippen molar-refractivity contribution in [2.75, 3.05) is 38.9 Å². The Hall–Kier alpha value is -1.66. The van der Waals surface area contributed by atoms with Gasteiger partial charge in [0.2, 0.25) is 0 Å². The number of hydrogen-bond donors (Lipinski definition) is 0. The van der Waals surface area contributed by atoms with Gasteiger partial charge in [-0.15, -0.1) is 6.58 Å². The quantitative estimate of drug-likeness (QED) is 0.634. The van der Waals surface area contributed by atoms with Crippen molar-refractivity contribution in [3.05, 3.63) is 35.9 Å². The number of methoxy groups -OCH3 is 2. The number of hydrogen-bond acceptors (Lipinski definition) is 5. The molecule has 2 unspecified atom stereocenters. The summed E-state index contributed by atoms with van der Waals surface area (Å²) in [6, 6.07) is 3.97. The number of nitrogens with zero attached hydrogens (tertiary/aromatic N) is 1. The average Bonchev–Trinajstić information content (AvgIpc) is 3.39. The van der Waals surface area contributed by atoms with Crippen LogP contribution in [0, 0.1) is 0 Å². The largest absolute Gasteiger partial charge is 0.493 e. The Morgan fingerprint density at radius 1 is 1.37 bits per heavy atom. The summed E-state index contributed by atoms with van der Waals surface area (Å²) in [5.74, 6) is 3.39. The van der Waals surface area contributed by atoms with Crippen molar-refractivity contribution in [3.63, 3.8) is 0 Å². The normalized spacial score (nSPS) is 21.9. The van der Waals surface area contributed by atoms with Gasteiger partial charge in [-0.05, 0) is 43.6 Å². The minimum Gasteiger partial charge on any atom is -0.493 e. The van der Waals surface area contributed by atoms with Gasteiger partial charge in [0, 0.05) is 36.1 Å². The number of thioether (sulfide) groups is 1. The van der Waals surface area contributed by atoms with Crippen LogP contribution in [0.1, 0.15) is 35.2 Å². The van der Waals surface area contributed by atoms with E-state index < -0.39 is 0 Å². The molecule has 0 saturated carbocycles. The van der Waals surface area contributed by atoms with E-state index in [4.69, 9.17) is 14.2 Å². The first-order valence-electron chi connectivity index (χ1n) is 9.54. The highest BCUT2D eigenvalue weighted by Gasteiger charge is 2.32. The molecule has 2 aliphatic heterocycles. The van der Waals surface area contributed by atoms with Gasteiger partial charge in [0.1, 0.15) is 0 Å². The molecule has 2 aliphatic rings. The van der Waals surface area contributed by atoms with Crippen molar-refractivity contribution >= 4 is 17.7 Å². The molecule has 3 rings (SSSR count). The highest BCUT2D eigenvalue weighted by atomic mass is 32.2. The summed E-state index contributed by atoms with van der Waals surface area (Å²) >= 11 is 1.91. The van der Waals surface area contributed by atoms with Crippen molar-refractivity contribution in [1.82, 2.24) is 4.90 Å². The zero-order valence-electron chi connectivity index (χ0n) is 16.2. The molecule has 0 radical (unpaired) electrons. The first-order valence-corrected chi connectivity index (χ1v) is 10.7. The first-order chi connectivity index (χ1) is 13.2. The van der Waals surface area contributed by atoms with Gasteiger partial charge in [0.15, 0.2) is 11.5 Å². The first kappa shape index (κ1) is 20.1. The fraction of sp³-hybridized carbons (Fsp3) is 0.571. The van der Waals surface area contributed by atoms with E-state index in [2.05, 4.69) is 6.58 Å². The minimum atomic E-state index is 0.0456. The Bertz CT molecular complexity index is 666. The standard InChI is InChI=1S/C21H29NO4S/c1-4-6-15-11-16(12-19(24-2)20(15)25-3)21(23)22(17-8-10-27-14-17)13-18-7-5-9-26-18/h4,11-12,17-18H,1,5-10,13-14H2,2-3H3. The summed E-state index contributed by atoms with van der Waals surface area (Å²) in [4.78, 5) is 15.5. The Morgan fingerprint density at radius 3 is 2.81 bits per heavy atom. The third-order valence-corrected chi connectivity index (χ3v) is 6.34. The highest BCUT2D eigenvalue weighted by Crippen LogP contribution is 2.34. The number of rotatable bonds is 8. The van der Waals surface area contributed by atoms with E-state index in [1.807, 2.05) is 28.8 Å². The van der Waals surface area contributed by atoms with Gasteiger partial charge < -0.3 is 19.1 Å². The van der Waals surface area contributed by atoms with E-state index >= 15 is 0 Å². The summed E-state index contributed by atoms with van der Waals surface area (Å²) in [5.41, 5.74) is 1.55. The van der Waals surface area contributed by atoms with Crippen LogP contribution in [0.5, 0.6) is 11.5 Å². The monoisotopic (exact) mass is 391 g/mol. The lowest BCUT2D eigenvalue weighted by atomic mass is 10.0. The summed E-state index contributed by atoms with van der Waals surface area (Å²) in [5, 5.41) is 0. The molecule has 2 heterocycles. The zero-order chi connectivity index (χ0) is 19.2. The molecule has 2 fully saturated rings. The second-order valence-electron chi connectivity index (χ2n) is 6.97. The smallest absolute Gasteiger partial charge is 0.254 e. The fourth-order valence-electron chi connectivity index (χ4n) is 3.81. The van der Waals surface area contributed by atoms with Crippen molar-refractivity contribution in [2.45, 2.75) is 37.8 Å². The van der Waals surface area contributed by atoms with E-state index in [1.165, 1.54) is 0 Å². The third-order valence-electron chi connectivity index (χ3n) is 5.20. The predicted molar refractivity (Wildman–Crippen MR) is 109 cm³/mol. The maximum atomic E-state index is 13.5. The van der Waals surface area contributed by atoms with Crippen molar-refractivity contribution < 1.29 is 19.0 Å². The van der Waals surface area contributed by atoms with Crippen LogP contribution >= 0.6 is 11.8 Å². The molecule has 0 N–H and O–H groups in total. The maximum Gasteiger partial charge on any atom is 0.254 e. The van der Waals surface area contributed by atoms with Gasteiger partial charge >= 0.3 is 0 Å². The molecule has 2 atom stereocenters. The van der Waals surface area contributed by atoms with Crippen LogP contribution in [0.25, 0.3) is 0 Å². The number of amides is 1. The number of benzene rings is 1. The van der Waals surface area contributed by atoms with E-state index in [9.17, 15) is 4.79 Å². The van der Waals surface area contributed by atoms with Crippen LogP contribution in [-0.2, 0) is 11.2 Å². The second-order valence-corrected chi connectivity index (χ2v) is 8.12. The number of carbonyl (C=O) groups is 1. The van der Waals surface area contributed by atoms with Crippen LogP contribution in [0.2, 0.25) is 0 Å². The van der Waals surface area contributed by atoms with Gasteiger partial charge in [-0.1, -0.05) is 6.08 Å². The molecule has 0 bridgehead atoms. The van der Waals surface area contributed by atoms with Crippen molar-refractivity contribution in [1.29, 1.82) is 0 Å². The molecule has 0 aliphatic carbocycles. The van der Waals surface area contributed by atoms with Gasteiger partial charge in [0.05, 0.1) is 20.3 Å². The summed E-state index contributed by atoms with van der Waals surface area (Å²) in [6.45, 7) is 5.28. The van der Waals surface area contributed by atoms with Crippen molar-refractivity contribution in [2.24, 2.45) is 0 Å². The molecule has 2 saturated heterocycles. The lowest BCUT2D eigenvalue weighted by Gasteiger charge is -2.31. The molecule has 5 nitrogen and oxygen atoms in total. The Morgan fingerprint density at radius 2 is 2.22 bits per heavy atom. The van der Waals surface area contributed by atoms with Gasteiger partial charge in [-0.25, -0.2) is 0 Å². The van der Waals surface area contributed by atoms with Gasteiger partial charge in [0.25, 0.3) is 5.91 Å². The highest BCUT2D eigenvalue weighted by molar-refractivity contribution is 7.99. The zero-order valence-corrected chi connectivity index (χ0v) is 17.1. The molecule has 1 aromatic rings. The second kappa shape index (κ2) is 9.51. The minimum absolute atomic E-state index is 0.0456. The fourth-order valence-corrected chi connectivity index (χ4v) is 5.04. The number of allylic oxidation sites excluding steroid dienone is 1. The van der Waals surface area contributed by atoms with Crippen LogP contribution < -0.4 is 9.47 Å². The maximum absolute atomic E-state index is 13.5. The Balaban J connectivity index is 1.91. The summed E-state index contributed by atoms with van der Waals surface area (Å²) in [6.07, 6.45) is 5.71. The topological polar surface area (TPSA) is 48.0 Å². The molecule has 0 spiro atoms. The average molecular weight is 392 g/mol. The van der Waals surface area contributed by atoms with E-state index in [0.29, 0.717) is 30.0 Å². The van der Waals surface area contributed by atoms with Crippen LogP contribution in [0.3, 0.4) is 0 Å². The lowest BCUT2D eigenvalue weighted by molar-refractivity contribution is 0.0441. The van der Waals surface area contributed by atoms with Gasteiger partial charge in [-0.2, -0.15) is 11.8 Å². The molecule has 1 aromatic carbocycles. The van der Waals surface area contributed by atoms with Crippen LogP contribution in [0.4, 0.5) is 0 Å².